The lowest BCUT2D eigenvalue weighted by atomic mass is 10.1. The van der Waals surface area contributed by atoms with Crippen molar-refractivity contribution in [3.8, 4) is 5.75 Å². The van der Waals surface area contributed by atoms with E-state index in [1.54, 1.807) is 0 Å². The minimum Gasteiger partial charge on any atom is -0.480 e. The number of thioether (sulfide) groups is 1. The van der Waals surface area contributed by atoms with E-state index in [2.05, 4.69) is 5.32 Å². The first kappa shape index (κ1) is 29.7. The summed E-state index contributed by atoms with van der Waals surface area (Å²) < 4.78 is 46.3. The average molecular weight is 588 g/mol. The van der Waals surface area contributed by atoms with Crippen molar-refractivity contribution in [3.05, 3.63) is 58.9 Å². The molecule has 206 valence electrons. The van der Waals surface area contributed by atoms with Crippen LogP contribution >= 0.6 is 23.4 Å². The number of rotatable bonds is 8. The van der Waals surface area contributed by atoms with Crippen molar-refractivity contribution >= 4 is 51.4 Å². The molecule has 0 bridgehead atoms. The van der Waals surface area contributed by atoms with Crippen molar-refractivity contribution in [1.82, 2.24) is 14.5 Å². The quantitative estimate of drug-likeness (QED) is 0.477. The molecule has 10 nitrogen and oxygen atoms in total. The second-order valence-corrected chi connectivity index (χ2v) is 12.7. The summed E-state index contributed by atoms with van der Waals surface area (Å²) in [5.41, 5.74) is -0.228. The molecule has 3 rings (SSSR count). The van der Waals surface area contributed by atoms with Crippen LogP contribution in [-0.2, 0) is 26.0 Å². The van der Waals surface area contributed by atoms with Crippen molar-refractivity contribution in [2.75, 3.05) is 19.8 Å². The van der Waals surface area contributed by atoms with Crippen molar-refractivity contribution in [2.24, 2.45) is 0 Å². The number of carbonyl (C=O) groups excluding carboxylic acids is 2. The number of carboxylic acid groups (broad SMARTS) is 1. The molecule has 1 fully saturated rings. The van der Waals surface area contributed by atoms with Gasteiger partial charge in [-0.2, -0.15) is 0 Å². The third kappa shape index (κ3) is 6.76. The number of nitrogens with one attached hydrogen (secondary N) is 1. The molecule has 14 heteroatoms. The van der Waals surface area contributed by atoms with E-state index < -0.39 is 62.1 Å². The van der Waals surface area contributed by atoms with Gasteiger partial charge in [0.25, 0.3) is 15.9 Å². The van der Waals surface area contributed by atoms with E-state index >= 15 is 0 Å². The number of ether oxygens (including phenoxy) is 1. The third-order valence-corrected chi connectivity index (χ3v) is 9.16. The van der Waals surface area contributed by atoms with Crippen LogP contribution in [0.25, 0.3) is 0 Å². The number of nitrogens with zero attached hydrogens (tertiary/aromatic N) is 2. The van der Waals surface area contributed by atoms with Crippen LogP contribution in [0.15, 0.2) is 47.4 Å². The maximum Gasteiger partial charge on any atom is 0.414 e. The molecule has 0 saturated carbocycles. The average Bonchev–Trinajstić information content (AvgIpc) is 3.19. The highest BCUT2D eigenvalue weighted by Gasteiger charge is 2.46. The Kier molecular flexibility index (Phi) is 8.97. The summed E-state index contributed by atoms with van der Waals surface area (Å²) >= 11 is 7.38. The highest BCUT2D eigenvalue weighted by atomic mass is 35.5. The zero-order valence-electron chi connectivity index (χ0n) is 21.0. The zero-order chi connectivity index (χ0) is 28.4. The number of hydrogen-bond acceptors (Lipinski definition) is 8. The van der Waals surface area contributed by atoms with Crippen LogP contribution < -0.4 is 10.1 Å². The fourth-order valence-electron chi connectivity index (χ4n) is 3.57. The Morgan fingerprint density at radius 2 is 1.84 bits per heavy atom. The molecule has 2 aromatic rings. The molecule has 0 aromatic heterocycles. The molecule has 2 amide bonds. The van der Waals surface area contributed by atoms with Crippen LogP contribution in [0.3, 0.4) is 0 Å². The number of carboxylic acids is 1. The summed E-state index contributed by atoms with van der Waals surface area (Å²) in [5.74, 6) is -2.75. The fraction of sp³-hybridized carbons (Fsp3) is 0.375. The van der Waals surface area contributed by atoms with Gasteiger partial charge in [0.15, 0.2) is 5.75 Å². The largest absolute Gasteiger partial charge is 0.480 e. The second-order valence-electron chi connectivity index (χ2n) is 9.40. The Labute approximate surface area is 229 Å². The standard InChI is InChI=1S/C24H27ClFN3O7S2/c1-24(2)13-37-20(27-24)21(30)29(38(34,35)16-8-6-15(26)7-9-16)18(22(31)32)12-14-5-10-19(17(25)11-14)36-23(33)28(3)4/h5-11,18,20,27H,12-13H2,1-4H3,(H,31,32)/t18-,20-/m0/s1. The third-order valence-electron chi connectivity index (χ3n) is 5.50. The monoisotopic (exact) mass is 587 g/mol. The molecule has 1 aliphatic rings. The zero-order valence-corrected chi connectivity index (χ0v) is 23.4. The van der Waals surface area contributed by atoms with Gasteiger partial charge in [0.05, 0.1) is 9.92 Å². The van der Waals surface area contributed by atoms with Gasteiger partial charge in [0.1, 0.15) is 17.2 Å². The predicted molar refractivity (Wildman–Crippen MR) is 140 cm³/mol. The molecule has 0 radical (unpaired) electrons. The van der Waals surface area contributed by atoms with Crippen molar-refractivity contribution in [1.29, 1.82) is 0 Å². The summed E-state index contributed by atoms with van der Waals surface area (Å²) in [6.07, 6.45) is -1.13. The van der Waals surface area contributed by atoms with Crippen LogP contribution in [0.5, 0.6) is 5.75 Å². The normalized spacial score (nSPS) is 17.5. The Morgan fingerprint density at radius 3 is 2.34 bits per heavy atom. The number of hydrogen-bond donors (Lipinski definition) is 2. The van der Waals surface area contributed by atoms with Gasteiger partial charge in [-0.15, -0.1) is 11.8 Å². The molecule has 1 heterocycles. The van der Waals surface area contributed by atoms with Crippen molar-refractivity contribution in [3.63, 3.8) is 0 Å². The Morgan fingerprint density at radius 1 is 1.21 bits per heavy atom. The minimum absolute atomic E-state index is 0.0154. The van der Waals surface area contributed by atoms with Crippen LogP contribution in [0, 0.1) is 5.82 Å². The van der Waals surface area contributed by atoms with Gasteiger partial charge in [-0.3, -0.25) is 10.1 Å². The van der Waals surface area contributed by atoms with E-state index in [1.807, 2.05) is 13.8 Å². The molecule has 38 heavy (non-hydrogen) atoms. The number of amides is 2. The van der Waals surface area contributed by atoms with E-state index in [9.17, 15) is 32.3 Å². The summed E-state index contributed by atoms with van der Waals surface area (Å²) in [6, 6.07) is 5.97. The van der Waals surface area contributed by atoms with Gasteiger partial charge in [-0.1, -0.05) is 17.7 Å². The molecule has 0 aliphatic carbocycles. The highest BCUT2D eigenvalue weighted by molar-refractivity contribution is 8.01. The van der Waals surface area contributed by atoms with Crippen LogP contribution in [0.2, 0.25) is 5.02 Å². The highest BCUT2D eigenvalue weighted by Crippen LogP contribution is 2.32. The molecule has 2 N–H and O–H groups in total. The summed E-state index contributed by atoms with van der Waals surface area (Å²) in [5, 5.41) is 12.1. The number of carbonyl (C=O) groups is 3. The van der Waals surface area contributed by atoms with E-state index in [4.69, 9.17) is 16.3 Å². The van der Waals surface area contributed by atoms with Crippen LogP contribution in [0.1, 0.15) is 19.4 Å². The smallest absolute Gasteiger partial charge is 0.414 e. The van der Waals surface area contributed by atoms with E-state index in [0.717, 1.165) is 36.0 Å². The molecule has 1 aliphatic heterocycles. The topological polar surface area (TPSA) is 133 Å². The number of benzene rings is 2. The van der Waals surface area contributed by atoms with Gasteiger partial charge < -0.3 is 14.7 Å². The van der Waals surface area contributed by atoms with Gasteiger partial charge in [-0.25, -0.2) is 26.7 Å². The predicted octanol–water partition coefficient (Wildman–Crippen LogP) is 3.19. The number of halogens is 2. The SMILES string of the molecule is CN(C)C(=O)Oc1ccc(C[C@@H](C(=O)O)N(C(=O)[C@H]2NC(C)(C)CS2)S(=O)(=O)c2ccc(F)cc2)cc1Cl. The number of sulfonamides is 1. The lowest BCUT2D eigenvalue weighted by Crippen LogP contribution is -2.55. The van der Waals surface area contributed by atoms with Crippen LogP contribution in [-0.4, -0.2) is 77.5 Å². The lowest BCUT2D eigenvalue weighted by molar-refractivity contribution is -0.146. The Bertz CT molecular complexity index is 1340. The number of aliphatic carboxylic acids is 1. The second kappa shape index (κ2) is 11.5. The molecule has 2 atom stereocenters. The molecule has 0 unspecified atom stereocenters. The Balaban J connectivity index is 2.02. The lowest BCUT2D eigenvalue weighted by Gasteiger charge is -2.31. The maximum absolute atomic E-state index is 13.6. The molecule has 1 saturated heterocycles. The van der Waals surface area contributed by atoms with E-state index in [1.165, 1.54) is 37.2 Å². The van der Waals surface area contributed by atoms with Crippen molar-refractivity contribution < 1.29 is 37.0 Å². The van der Waals surface area contributed by atoms with E-state index in [-0.39, 0.29) is 16.3 Å². The van der Waals surface area contributed by atoms with Gasteiger partial charge in [0.2, 0.25) is 0 Å². The van der Waals surface area contributed by atoms with Crippen molar-refractivity contribution in [2.45, 2.75) is 42.1 Å². The van der Waals surface area contributed by atoms with Gasteiger partial charge >= 0.3 is 12.1 Å². The molecular weight excluding hydrogens is 561 g/mol. The maximum atomic E-state index is 13.6. The first-order valence-corrected chi connectivity index (χ1v) is 14.1. The first-order valence-electron chi connectivity index (χ1n) is 11.3. The molecule has 2 aromatic carbocycles. The molecular formula is C24H27ClFN3O7S2. The van der Waals surface area contributed by atoms with Crippen LogP contribution in [0.4, 0.5) is 9.18 Å². The van der Waals surface area contributed by atoms with Gasteiger partial charge in [-0.05, 0) is 55.8 Å². The summed E-state index contributed by atoms with van der Waals surface area (Å²) in [4.78, 5) is 38.6. The Hall–Kier alpha value is -2.87. The molecule has 0 spiro atoms. The summed E-state index contributed by atoms with van der Waals surface area (Å²) in [6.45, 7) is 3.65. The first-order chi connectivity index (χ1) is 17.6. The van der Waals surface area contributed by atoms with Gasteiger partial charge in [0, 0.05) is 31.8 Å². The fourth-order valence-corrected chi connectivity index (χ4v) is 6.75. The summed E-state index contributed by atoms with van der Waals surface area (Å²) in [7, 11) is -1.76. The minimum atomic E-state index is -4.72. The van der Waals surface area contributed by atoms with E-state index in [0.29, 0.717) is 10.1 Å².